The highest BCUT2D eigenvalue weighted by molar-refractivity contribution is 8.03. The van der Waals surface area contributed by atoms with Gasteiger partial charge < -0.3 is 9.47 Å². The van der Waals surface area contributed by atoms with Crippen LogP contribution in [0.4, 0.5) is 0 Å². The zero-order chi connectivity index (χ0) is 16.4. The van der Waals surface area contributed by atoms with Gasteiger partial charge in [0.25, 0.3) is 0 Å². The highest BCUT2D eigenvalue weighted by Crippen LogP contribution is 2.48. The molecule has 118 valence electrons. The van der Waals surface area contributed by atoms with Gasteiger partial charge in [0, 0.05) is 0 Å². The molecule has 1 aliphatic heterocycles. The summed E-state index contributed by atoms with van der Waals surface area (Å²) in [6.45, 7) is 0. The number of hydrogen-bond acceptors (Lipinski definition) is 3. The molecule has 0 radical (unpaired) electrons. The second kappa shape index (κ2) is 6.46. The Bertz CT molecular complexity index is 889. The molecule has 24 heavy (non-hydrogen) atoms. The van der Waals surface area contributed by atoms with E-state index in [0.717, 1.165) is 32.6 Å². The first-order valence-electron chi connectivity index (χ1n) is 7.73. The Morgan fingerprint density at radius 3 is 2.75 bits per heavy atom. The average molecular weight is 332 g/mol. The van der Waals surface area contributed by atoms with Crippen LogP contribution in [0.3, 0.4) is 0 Å². The molecular weight excluding hydrogens is 316 g/mol. The second-order valence-corrected chi connectivity index (χ2v) is 6.49. The predicted octanol–water partition coefficient (Wildman–Crippen LogP) is 5.60. The van der Waals surface area contributed by atoms with E-state index in [1.54, 1.807) is 18.9 Å². The lowest BCUT2D eigenvalue weighted by Crippen LogP contribution is -2.00. The molecule has 1 heterocycles. The maximum absolute atomic E-state index is 6.00. The number of hydrogen-bond donors (Lipinski definition) is 0. The van der Waals surface area contributed by atoms with E-state index < -0.39 is 0 Å². The molecule has 0 unspecified atom stereocenters. The number of methoxy groups -OCH3 is 1. The summed E-state index contributed by atoms with van der Waals surface area (Å²) in [6.07, 6.45) is 10.4. The van der Waals surface area contributed by atoms with Crippen LogP contribution in [0.15, 0.2) is 94.0 Å². The van der Waals surface area contributed by atoms with Gasteiger partial charge in [-0.05, 0) is 41.5 Å². The van der Waals surface area contributed by atoms with Gasteiger partial charge in [-0.1, -0.05) is 60.3 Å². The molecule has 0 N–H and O–H groups in total. The average Bonchev–Trinajstić information content (AvgIpc) is 3.02. The summed E-state index contributed by atoms with van der Waals surface area (Å²) in [5.41, 5.74) is 2.35. The Labute approximate surface area is 145 Å². The first kappa shape index (κ1) is 14.9. The minimum atomic E-state index is 0.842. The van der Waals surface area contributed by atoms with E-state index in [2.05, 4.69) is 36.4 Å². The Kier molecular flexibility index (Phi) is 4.01. The maximum Gasteiger partial charge on any atom is 0.142 e. The van der Waals surface area contributed by atoms with E-state index in [4.69, 9.17) is 9.47 Å². The van der Waals surface area contributed by atoms with Gasteiger partial charge in [-0.3, -0.25) is 0 Å². The van der Waals surface area contributed by atoms with Gasteiger partial charge >= 0.3 is 0 Å². The lowest BCUT2D eigenvalue weighted by molar-refractivity contribution is 0.405. The molecule has 2 aromatic carbocycles. The van der Waals surface area contributed by atoms with Crippen molar-refractivity contribution in [3.8, 4) is 11.5 Å². The van der Waals surface area contributed by atoms with Crippen molar-refractivity contribution >= 4 is 17.8 Å². The summed E-state index contributed by atoms with van der Waals surface area (Å²) >= 11 is 1.72. The summed E-state index contributed by atoms with van der Waals surface area (Å²) in [5.74, 6) is 2.64. The van der Waals surface area contributed by atoms with Gasteiger partial charge in [0.15, 0.2) is 0 Å². The minimum Gasteiger partial charge on any atom is -0.497 e. The number of allylic oxidation sites excluding steroid dienone is 5. The van der Waals surface area contributed by atoms with Gasteiger partial charge in [0.2, 0.25) is 0 Å². The largest absolute Gasteiger partial charge is 0.497 e. The van der Waals surface area contributed by atoms with E-state index >= 15 is 0 Å². The number of fused-ring (bicyclic) bond motifs is 1. The highest BCUT2D eigenvalue weighted by atomic mass is 32.2. The Morgan fingerprint density at radius 1 is 1.04 bits per heavy atom. The van der Waals surface area contributed by atoms with E-state index in [1.807, 2.05) is 42.5 Å². The topological polar surface area (TPSA) is 18.5 Å². The number of rotatable bonds is 3. The first-order valence-corrected chi connectivity index (χ1v) is 8.55. The van der Waals surface area contributed by atoms with E-state index in [-0.39, 0.29) is 0 Å². The molecule has 0 amide bonds. The summed E-state index contributed by atoms with van der Waals surface area (Å²) in [4.78, 5) is 2.23. The number of thioether (sulfide) groups is 1. The van der Waals surface area contributed by atoms with E-state index in [1.165, 1.54) is 5.56 Å². The Hall–Kier alpha value is -2.65. The summed E-state index contributed by atoms with van der Waals surface area (Å²) in [7, 11) is 1.68. The van der Waals surface area contributed by atoms with Gasteiger partial charge in [0.1, 0.15) is 17.3 Å². The normalized spacial score (nSPS) is 17.1. The number of ether oxygens (including phenoxy) is 2. The molecule has 2 aliphatic rings. The van der Waals surface area contributed by atoms with Crippen molar-refractivity contribution in [1.29, 1.82) is 0 Å². The van der Waals surface area contributed by atoms with Crippen molar-refractivity contribution in [2.45, 2.75) is 4.90 Å². The van der Waals surface area contributed by atoms with Crippen LogP contribution >= 0.6 is 11.8 Å². The lowest BCUT2D eigenvalue weighted by atomic mass is 10.2. The fourth-order valence-corrected chi connectivity index (χ4v) is 3.68. The maximum atomic E-state index is 6.00. The van der Waals surface area contributed by atoms with Crippen molar-refractivity contribution in [3.05, 3.63) is 94.6 Å². The standard InChI is InChI=1S/C21H16O2S/c1-22-17-11-13-18-20(14-17)24-21-16(10-12-19(21)23-18)9-5-8-15-6-3-2-4-7-15/h2-14H,1H3/b8-5+,16-9+. The zero-order valence-electron chi connectivity index (χ0n) is 13.2. The van der Waals surface area contributed by atoms with E-state index in [0.29, 0.717) is 0 Å². The molecule has 2 nitrogen and oxygen atoms in total. The highest BCUT2D eigenvalue weighted by Gasteiger charge is 2.24. The summed E-state index contributed by atoms with van der Waals surface area (Å²) in [5, 5.41) is 0. The molecule has 0 saturated carbocycles. The predicted molar refractivity (Wildman–Crippen MR) is 99.2 cm³/mol. The molecule has 0 saturated heterocycles. The summed E-state index contributed by atoms with van der Waals surface area (Å²) < 4.78 is 11.3. The van der Waals surface area contributed by atoms with E-state index in [9.17, 15) is 0 Å². The van der Waals surface area contributed by atoms with Crippen LogP contribution in [0.5, 0.6) is 11.5 Å². The van der Waals surface area contributed by atoms with Gasteiger partial charge in [-0.25, -0.2) is 0 Å². The third-order valence-electron chi connectivity index (χ3n) is 3.85. The molecule has 3 heteroatoms. The van der Waals surface area contributed by atoms with Crippen LogP contribution in [0.1, 0.15) is 5.56 Å². The smallest absolute Gasteiger partial charge is 0.142 e. The van der Waals surface area contributed by atoms with Crippen LogP contribution < -0.4 is 9.47 Å². The molecule has 2 aromatic rings. The monoisotopic (exact) mass is 332 g/mol. The van der Waals surface area contributed by atoms with Crippen LogP contribution in [0, 0.1) is 0 Å². The SMILES string of the molecule is COc1ccc2c(c1)SC1=C(C=C/C1=C\C=C\c1ccccc1)O2. The summed E-state index contributed by atoms with van der Waals surface area (Å²) in [6, 6.07) is 16.2. The molecule has 0 fully saturated rings. The van der Waals surface area contributed by atoms with Crippen molar-refractivity contribution in [2.24, 2.45) is 0 Å². The number of benzene rings is 2. The molecule has 4 rings (SSSR count). The van der Waals surface area contributed by atoms with Crippen molar-refractivity contribution in [1.82, 2.24) is 0 Å². The third kappa shape index (κ3) is 2.91. The van der Waals surface area contributed by atoms with Crippen LogP contribution in [0.2, 0.25) is 0 Å². The molecule has 0 atom stereocenters. The molecule has 0 bridgehead atoms. The van der Waals surface area contributed by atoms with Crippen LogP contribution in [-0.2, 0) is 0 Å². The van der Waals surface area contributed by atoms with Crippen molar-refractivity contribution < 1.29 is 9.47 Å². The first-order chi connectivity index (χ1) is 11.8. The van der Waals surface area contributed by atoms with Gasteiger partial charge in [0.05, 0.1) is 16.9 Å². The fraction of sp³-hybridized carbons (Fsp3) is 0.0476. The molecule has 0 aromatic heterocycles. The Morgan fingerprint density at radius 2 is 1.92 bits per heavy atom. The van der Waals surface area contributed by atoms with Crippen molar-refractivity contribution in [2.75, 3.05) is 7.11 Å². The second-order valence-electron chi connectivity index (χ2n) is 5.44. The fourth-order valence-electron chi connectivity index (χ4n) is 2.61. The minimum absolute atomic E-state index is 0.842. The molecular formula is C21H16O2S. The Balaban J connectivity index is 1.57. The van der Waals surface area contributed by atoms with Gasteiger partial charge in [-0.15, -0.1) is 0 Å². The van der Waals surface area contributed by atoms with Gasteiger partial charge in [-0.2, -0.15) is 0 Å². The van der Waals surface area contributed by atoms with Crippen LogP contribution in [-0.4, -0.2) is 7.11 Å². The zero-order valence-corrected chi connectivity index (χ0v) is 14.0. The molecule has 1 aliphatic carbocycles. The lowest BCUT2D eigenvalue weighted by Gasteiger charge is -2.19. The van der Waals surface area contributed by atoms with Crippen LogP contribution in [0.25, 0.3) is 6.08 Å². The molecule has 0 spiro atoms. The van der Waals surface area contributed by atoms with Crippen molar-refractivity contribution in [3.63, 3.8) is 0 Å². The quantitative estimate of drug-likeness (QED) is 0.729. The third-order valence-corrected chi connectivity index (χ3v) is 5.03.